The lowest BCUT2D eigenvalue weighted by Gasteiger charge is -2.28. The van der Waals surface area contributed by atoms with Gasteiger partial charge in [-0.2, -0.15) is 4.37 Å². The lowest BCUT2D eigenvalue weighted by Crippen LogP contribution is -2.33. The number of rotatable bonds is 5. The second kappa shape index (κ2) is 5.66. The van der Waals surface area contributed by atoms with Crippen molar-refractivity contribution < 1.29 is 8.42 Å². The molecule has 0 aromatic carbocycles. The first-order chi connectivity index (χ1) is 9.01. The molecule has 0 atom stereocenters. The minimum atomic E-state index is -3.32. The highest BCUT2D eigenvalue weighted by atomic mass is 32.2. The fourth-order valence-electron chi connectivity index (χ4n) is 2.69. The molecule has 0 bridgehead atoms. The van der Waals surface area contributed by atoms with Gasteiger partial charge in [0, 0.05) is 12.6 Å². The molecule has 19 heavy (non-hydrogen) atoms. The average Bonchev–Trinajstić information content (AvgIpc) is 3.01. The van der Waals surface area contributed by atoms with Crippen molar-refractivity contribution in [1.82, 2.24) is 4.37 Å². The molecule has 1 aromatic rings. The molecule has 1 aromatic heterocycles. The lowest BCUT2D eigenvalue weighted by molar-refractivity contribution is 0.593. The van der Waals surface area contributed by atoms with Gasteiger partial charge in [0.2, 0.25) is 0 Å². The maximum Gasteiger partial charge on any atom is 0.184 e. The van der Waals surface area contributed by atoms with E-state index in [1.165, 1.54) is 24.4 Å². The number of hydrogen-bond acceptors (Lipinski definition) is 6. The Labute approximate surface area is 118 Å². The Balaban J connectivity index is 2.44. The quantitative estimate of drug-likeness (QED) is 0.903. The largest absolute Gasteiger partial charge is 0.382 e. The Hall–Kier alpha value is -0.820. The highest BCUT2D eigenvalue weighted by Gasteiger charge is 2.31. The van der Waals surface area contributed by atoms with E-state index in [1.54, 1.807) is 6.92 Å². The van der Waals surface area contributed by atoms with Crippen LogP contribution in [-0.2, 0) is 9.84 Å². The lowest BCUT2D eigenvalue weighted by atomic mass is 10.2. The molecule has 1 saturated carbocycles. The second-order valence-electron chi connectivity index (χ2n) is 4.83. The van der Waals surface area contributed by atoms with Crippen molar-refractivity contribution in [2.45, 2.75) is 50.5 Å². The average molecular weight is 303 g/mol. The van der Waals surface area contributed by atoms with Crippen molar-refractivity contribution in [1.29, 1.82) is 0 Å². The van der Waals surface area contributed by atoms with E-state index in [9.17, 15) is 8.42 Å². The predicted molar refractivity (Wildman–Crippen MR) is 79.5 cm³/mol. The molecule has 2 N–H and O–H groups in total. The molecule has 0 saturated heterocycles. The van der Waals surface area contributed by atoms with E-state index in [4.69, 9.17) is 5.73 Å². The maximum atomic E-state index is 12.2. The zero-order valence-electron chi connectivity index (χ0n) is 11.4. The van der Waals surface area contributed by atoms with E-state index < -0.39 is 9.84 Å². The zero-order chi connectivity index (χ0) is 14.0. The topological polar surface area (TPSA) is 76.3 Å². The van der Waals surface area contributed by atoms with Gasteiger partial charge in [-0.05, 0) is 31.3 Å². The van der Waals surface area contributed by atoms with Crippen molar-refractivity contribution in [3.05, 3.63) is 0 Å². The van der Waals surface area contributed by atoms with Crippen LogP contribution in [0.4, 0.5) is 10.8 Å². The molecule has 0 spiro atoms. The van der Waals surface area contributed by atoms with E-state index in [2.05, 4.69) is 16.2 Å². The molecular weight excluding hydrogens is 282 g/mol. The third-order valence-electron chi connectivity index (χ3n) is 3.72. The van der Waals surface area contributed by atoms with Gasteiger partial charge in [-0.25, -0.2) is 8.42 Å². The van der Waals surface area contributed by atoms with E-state index in [0.717, 1.165) is 24.4 Å². The van der Waals surface area contributed by atoms with Gasteiger partial charge in [0.15, 0.2) is 15.7 Å². The van der Waals surface area contributed by atoms with Crippen LogP contribution in [0.5, 0.6) is 0 Å². The molecule has 1 heterocycles. The van der Waals surface area contributed by atoms with Crippen LogP contribution in [0.15, 0.2) is 4.90 Å². The van der Waals surface area contributed by atoms with Crippen molar-refractivity contribution in [2.24, 2.45) is 0 Å². The molecule has 5 nitrogen and oxygen atoms in total. The Morgan fingerprint density at radius 3 is 2.53 bits per heavy atom. The van der Waals surface area contributed by atoms with Gasteiger partial charge in [0.1, 0.15) is 9.90 Å². The Morgan fingerprint density at radius 1 is 1.37 bits per heavy atom. The summed E-state index contributed by atoms with van der Waals surface area (Å²) in [6, 6.07) is 0.427. The predicted octanol–water partition coefficient (Wildman–Crippen LogP) is 2.29. The van der Waals surface area contributed by atoms with Crippen LogP contribution in [0.25, 0.3) is 0 Å². The Bertz CT molecular complexity index is 533. The second-order valence-corrected chi connectivity index (χ2v) is 7.80. The summed E-state index contributed by atoms with van der Waals surface area (Å²) in [5.74, 6) is 0.212. The van der Waals surface area contributed by atoms with Gasteiger partial charge in [-0.3, -0.25) is 0 Å². The molecule has 0 radical (unpaired) electrons. The number of hydrogen-bond donors (Lipinski definition) is 1. The van der Waals surface area contributed by atoms with Crippen LogP contribution in [0.3, 0.4) is 0 Å². The minimum absolute atomic E-state index is 0.0604. The number of nitrogens with zero attached hydrogens (tertiary/aromatic N) is 2. The van der Waals surface area contributed by atoms with Crippen LogP contribution >= 0.6 is 11.5 Å². The highest BCUT2D eigenvalue weighted by Crippen LogP contribution is 2.38. The fourth-order valence-corrected chi connectivity index (χ4v) is 5.12. The summed E-state index contributed by atoms with van der Waals surface area (Å²) in [6.45, 7) is 4.48. The summed E-state index contributed by atoms with van der Waals surface area (Å²) in [4.78, 5) is 2.41. The molecule has 1 fully saturated rings. The zero-order valence-corrected chi connectivity index (χ0v) is 13.1. The standard InChI is InChI=1S/C12H21N3O2S2/c1-3-15(9-7-5-6-8-9)12-10(11(13)14-18-12)19(16,17)4-2/h9H,3-8H2,1-2H3,(H2,13,14). The van der Waals surface area contributed by atoms with E-state index in [1.807, 2.05) is 0 Å². The van der Waals surface area contributed by atoms with Crippen molar-refractivity contribution in [3.63, 3.8) is 0 Å². The molecule has 0 amide bonds. The minimum Gasteiger partial charge on any atom is -0.382 e. The normalized spacial score (nSPS) is 16.9. The summed E-state index contributed by atoms with van der Waals surface area (Å²) >= 11 is 1.21. The van der Waals surface area contributed by atoms with Crippen LogP contribution in [0, 0.1) is 0 Å². The van der Waals surface area contributed by atoms with Gasteiger partial charge < -0.3 is 10.6 Å². The first kappa shape index (κ1) is 14.6. The molecule has 2 rings (SSSR count). The van der Waals surface area contributed by atoms with Crippen molar-refractivity contribution in [3.8, 4) is 0 Å². The summed E-state index contributed by atoms with van der Waals surface area (Å²) in [7, 11) is -3.32. The van der Waals surface area contributed by atoms with E-state index in [-0.39, 0.29) is 16.5 Å². The Kier molecular flexibility index (Phi) is 4.35. The molecular formula is C12H21N3O2S2. The first-order valence-electron chi connectivity index (χ1n) is 6.75. The third kappa shape index (κ3) is 2.72. The number of nitrogens with two attached hydrogens (primary N) is 1. The van der Waals surface area contributed by atoms with Crippen LogP contribution in [-0.4, -0.2) is 31.1 Å². The summed E-state index contributed by atoms with van der Waals surface area (Å²) in [5, 5.41) is 0.730. The SMILES string of the molecule is CCN(c1snc(N)c1S(=O)(=O)CC)C1CCCC1. The number of aromatic nitrogens is 1. The number of anilines is 2. The molecule has 7 heteroatoms. The van der Waals surface area contributed by atoms with Gasteiger partial charge in [0.25, 0.3) is 0 Å². The van der Waals surface area contributed by atoms with Gasteiger partial charge in [-0.15, -0.1) is 0 Å². The smallest absolute Gasteiger partial charge is 0.184 e. The molecule has 1 aliphatic carbocycles. The van der Waals surface area contributed by atoms with Crippen LogP contribution < -0.4 is 10.6 Å². The molecule has 1 aliphatic rings. The molecule has 0 aliphatic heterocycles. The number of sulfone groups is 1. The Morgan fingerprint density at radius 2 is 2.00 bits per heavy atom. The number of nitrogen functional groups attached to an aromatic ring is 1. The summed E-state index contributed by atoms with van der Waals surface area (Å²) < 4.78 is 28.5. The highest BCUT2D eigenvalue weighted by molar-refractivity contribution is 7.91. The van der Waals surface area contributed by atoms with E-state index in [0.29, 0.717) is 6.04 Å². The van der Waals surface area contributed by atoms with Crippen LogP contribution in [0.2, 0.25) is 0 Å². The molecule has 0 unspecified atom stereocenters. The van der Waals surface area contributed by atoms with Crippen molar-refractivity contribution >= 4 is 32.2 Å². The molecule has 108 valence electrons. The summed E-state index contributed by atoms with van der Waals surface area (Å²) in [5.41, 5.74) is 5.79. The summed E-state index contributed by atoms with van der Waals surface area (Å²) in [6.07, 6.45) is 4.67. The van der Waals surface area contributed by atoms with E-state index >= 15 is 0 Å². The van der Waals surface area contributed by atoms with Crippen LogP contribution in [0.1, 0.15) is 39.5 Å². The van der Waals surface area contributed by atoms with Crippen molar-refractivity contribution in [2.75, 3.05) is 22.9 Å². The van der Waals surface area contributed by atoms with Gasteiger partial charge in [0.05, 0.1) is 5.75 Å². The first-order valence-corrected chi connectivity index (χ1v) is 9.18. The maximum absolute atomic E-state index is 12.2. The monoisotopic (exact) mass is 303 g/mol. The third-order valence-corrected chi connectivity index (χ3v) is 6.53. The van der Waals surface area contributed by atoms with Gasteiger partial charge in [-0.1, -0.05) is 19.8 Å². The fraction of sp³-hybridized carbons (Fsp3) is 0.750. The van der Waals surface area contributed by atoms with Gasteiger partial charge >= 0.3 is 0 Å².